The quantitative estimate of drug-likeness (QED) is 0.722. The van der Waals surface area contributed by atoms with E-state index in [-0.39, 0.29) is 12.9 Å². The summed E-state index contributed by atoms with van der Waals surface area (Å²) in [6.07, 6.45) is 4.98. The highest BCUT2D eigenvalue weighted by Crippen LogP contribution is 2.14. The van der Waals surface area contributed by atoms with Crippen molar-refractivity contribution >= 4 is 10.1 Å². The minimum absolute atomic E-state index is 0.0687. The average Bonchev–Trinajstić information content (AvgIpc) is 2.46. The molecule has 2 rings (SSSR count). The fourth-order valence-electron chi connectivity index (χ4n) is 2.20. The number of hydrogen-bond acceptors (Lipinski definition) is 5. The first-order valence-electron chi connectivity index (χ1n) is 7.18. The molecule has 118 valence electrons. The highest BCUT2D eigenvalue weighted by molar-refractivity contribution is 7.85. The van der Waals surface area contributed by atoms with Crippen LogP contribution in [-0.4, -0.2) is 34.2 Å². The standard InChI is InChI=1S/C15H22O5S/c1-21(16,17)20-12-14-6-4-5-13(11-14)8-10-19-15-7-2-3-9-18-15/h4-6,11,15H,2-3,7-10,12H2,1H3. The van der Waals surface area contributed by atoms with Crippen LogP contribution < -0.4 is 0 Å². The van der Waals surface area contributed by atoms with Gasteiger partial charge in [0.15, 0.2) is 6.29 Å². The third-order valence-corrected chi connectivity index (χ3v) is 3.81. The van der Waals surface area contributed by atoms with Gasteiger partial charge >= 0.3 is 0 Å². The SMILES string of the molecule is CS(=O)(=O)OCc1cccc(CCOC2CCCCO2)c1. The second-order valence-corrected chi connectivity index (χ2v) is 6.85. The van der Waals surface area contributed by atoms with Crippen LogP contribution in [0.3, 0.4) is 0 Å². The summed E-state index contributed by atoms with van der Waals surface area (Å²) in [5.74, 6) is 0. The summed E-state index contributed by atoms with van der Waals surface area (Å²) in [4.78, 5) is 0. The molecule has 5 nitrogen and oxygen atoms in total. The maximum Gasteiger partial charge on any atom is 0.264 e. The molecule has 1 saturated heterocycles. The Kier molecular flexibility index (Phi) is 6.17. The minimum atomic E-state index is -3.41. The molecular weight excluding hydrogens is 292 g/mol. The molecule has 0 aromatic heterocycles. The molecule has 1 heterocycles. The van der Waals surface area contributed by atoms with E-state index in [1.54, 1.807) is 0 Å². The summed E-state index contributed by atoms with van der Waals surface area (Å²) in [7, 11) is -3.41. The normalized spacial score (nSPS) is 19.6. The van der Waals surface area contributed by atoms with Crippen LogP contribution in [0, 0.1) is 0 Å². The zero-order valence-electron chi connectivity index (χ0n) is 12.3. The molecule has 0 radical (unpaired) electrons. The number of hydrogen-bond donors (Lipinski definition) is 0. The molecule has 0 bridgehead atoms. The highest BCUT2D eigenvalue weighted by Gasteiger charge is 2.13. The first-order chi connectivity index (χ1) is 10.0. The number of benzene rings is 1. The Bertz CT molecular complexity index is 535. The second kappa shape index (κ2) is 7.89. The van der Waals surface area contributed by atoms with Gasteiger partial charge in [0.1, 0.15) is 0 Å². The monoisotopic (exact) mass is 314 g/mol. The van der Waals surface area contributed by atoms with Gasteiger partial charge in [0.05, 0.1) is 19.5 Å². The van der Waals surface area contributed by atoms with E-state index in [9.17, 15) is 8.42 Å². The summed E-state index contributed by atoms with van der Waals surface area (Å²) in [6.45, 7) is 1.45. The minimum Gasteiger partial charge on any atom is -0.353 e. The van der Waals surface area contributed by atoms with Crippen LogP contribution in [0.4, 0.5) is 0 Å². The van der Waals surface area contributed by atoms with Gasteiger partial charge in [0, 0.05) is 6.61 Å². The predicted octanol–water partition coefficient (Wildman–Crippen LogP) is 2.25. The molecule has 1 fully saturated rings. The number of rotatable bonds is 7. The maximum absolute atomic E-state index is 11.0. The predicted molar refractivity (Wildman–Crippen MR) is 79.3 cm³/mol. The van der Waals surface area contributed by atoms with Crippen LogP contribution in [0.1, 0.15) is 30.4 Å². The van der Waals surface area contributed by atoms with Crippen molar-refractivity contribution in [1.82, 2.24) is 0 Å². The van der Waals surface area contributed by atoms with Gasteiger partial charge in [-0.1, -0.05) is 24.3 Å². The topological polar surface area (TPSA) is 61.8 Å². The van der Waals surface area contributed by atoms with E-state index in [1.165, 1.54) is 0 Å². The first kappa shape index (κ1) is 16.4. The van der Waals surface area contributed by atoms with Crippen molar-refractivity contribution in [3.8, 4) is 0 Å². The average molecular weight is 314 g/mol. The van der Waals surface area contributed by atoms with E-state index in [2.05, 4.69) is 0 Å². The smallest absolute Gasteiger partial charge is 0.264 e. The van der Waals surface area contributed by atoms with Crippen LogP contribution in [-0.2, 0) is 36.8 Å². The Morgan fingerprint density at radius 2 is 2.10 bits per heavy atom. The van der Waals surface area contributed by atoms with Crippen LogP contribution in [0.15, 0.2) is 24.3 Å². The lowest BCUT2D eigenvalue weighted by Crippen LogP contribution is -2.23. The van der Waals surface area contributed by atoms with E-state index >= 15 is 0 Å². The van der Waals surface area contributed by atoms with Crippen molar-refractivity contribution < 1.29 is 22.1 Å². The summed E-state index contributed by atoms with van der Waals surface area (Å²) >= 11 is 0. The van der Waals surface area contributed by atoms with Gasteiger partial charge in [-0.05, 0) is 36.8 Å². The maximum atomic E-state index is 11.0. The van der Waals surface area contributed by atoms with Crippen molar-refractivity contribution in [2.24, 2.45) is 0 Å². The summed E-state index contributed by atoms with van der Waals surface area (Å²) in [5, 5.41) is 0. The van der Waals surface area contributed by atoms with Gasteiger partial charge < -0.3 is 9.47 Å². The van der Waals surface area contributed by atoms with Gasteiger partial charge in [0.2, 0.25) is 0 Å². The Labute approximate surface area is 126 Å². The molecule has 21 heavy (non-hydrogen) atoms. The van der Waals surface area contributed by atoms with Gasteiger partial charge in [0.25, 0.3) is 10.1 Å². The molecule has 1 aliphatic rings. The lowest BCUT2D eigenvalue weighted by Gasteiger charge is -2.22. The van der Waals surface area contributed by atoms with E-state index in [0.29, 0.717) is 6.61 Å². The van der Waals surface area contributed by atoms with Crippen molar-refractivity contribution in [2.75, 3.05) is 19.5 Å². The van der Waals surface area contributed by atoms with Crippen LogP contribution >= 0.6 is 0 Å². The van der Waals surface area contributed by atoms with Crippen molar-refractivity contribution in [3.63, 3.8) is 0 Å². The third kappa shape index (κ3) is 6.56. The van der Waals surface area contributed by atoms with Gasteiger partial charge in [-0.25, -0.2) is 0 Å². The summed E-state index contributed by atoms with van der Waals surface area (Å²) in [5.41, 5.74) is 1.94. The van der Waals surface area contributed by atoms with Crippen molar-refractivity contribution in [3.05, 3.63) is 35.4 Å². The van der Waals surface area contributed by atoms with Gasteiger partial charge in [-0.2, -0.15) is 8.42 Å². The number of ether oxygens (including phenoxy) is 2. The molecule has 1 aromatic rings. The molecule has 1 atom stereocenters. The van der Waals surface area contributed by atoms with Crippen LogP contribution in [0.25, 0.3) is 0 Å². The molecule has 1 aliphatic heterocycles. The van der Waals surface area contributed by atoms with E-state index < -0.39 is 10.1 Å². The molecule has 6 heteroatoms. The van der Waals surface area contributed by atoms with E-state index in [4.69, 9.17) is 13.7 Å². The van der Waals surface area contributed by atoms with Gasteiger partial charge in [-0.15, -0.1) is 0 Å². The fourth-order valence-corrected chi connectivity index (χ4v) is 2.55. The molecule has 1 unspecified atom stereocenters. The van der Waals surface area contributed by atoms with Crippen molar-refractivity contribution in [1.29, 1.82) is 0 Å². The molecule has 1 aromatic carbocycles. The Balaban J connectivity index is 1.77. The second-order valence-electron chi connectivity index (χ2n) is 5.20. The zero-order chi connectivity index (χ0) is 15.1. The summed E-state index contributed by atoms with van der Waals surface area (Å²) < 4.78 is 38.0. The molecular formula is C15H22O5S. The highest BCUT2D eigenvalue weighted by atomic mass is 32.2. The summed E-state index contributed by atoms with van der Waals surface area (Å²) in [6, 6.07) is 7.68. The van der Waals surface area contributed by atoms with Crippen molar-refractivity contribution in [2.45, 2.75) is 38.6 Å². The van der Waals surface area contributed by atoms with E-state index in [1.807, 2.05) is 24.3 Å². The third-order valence-electron chi connectivity index (χ3n) is 3.26. The lowest BCUT2D eigenvalue weighted by molar-refractivity contribution is -0.161. The molecule has 0 N–H and O–H groups in total. The zero-order valence-corrected chi connectivity index (χ0v) is 13.1. The molecule has 0 amide bonds. The van der Waals surface area contributed by atoms with Gasteiger partial charge in [-0.3, -0.25) is 4.18 Å². The lowest BCUT2D eigenvalue weighted by atomic mass is 10.1. The molecule has 0 spiro atoms. The first-order valence-corrected chi connectivity index (χ1v) is 9.00. The van der Waals surface area contributed by atoms with E-state index in [0.717, 1.165) is 49.7 Å². The Hall–Kier alpha value is -0.950. The van der Waals surface area contributed by atoms with Crippen LogP contribution in [0.2, 0.25) is 0 Å². The largest absolute Gasteiger partial charge is 0.353 e. The Morgan fingerprint density at radius 3 is 2.81 bits per heavy atom. The fraction of sp³-hybridized carbons (Fsp3) is 0.600. The van der Waals surface area contributed by atoms with Crippen LogP contribution in [0.5, 0.6) is 0 Å². The molecule has 0 saturated carbocycles. The Morgan fingerprint density at radius 1 is 1.29 bits per heavy atom. The molecule has 0 aliphatic carbocycles.